The Balaban J connectivity index is 1.45. The Hall–Kier alpha value is -3.49. The van der Waals surface area contributed by atoms with Gasteiger partial charge in [-0.25, -0.2) is 10.2 Å². The number of hydrogen-bond acceptors (Lipinski definition) is 6. The molecule has 0 radical (unpaired) electrons. The molecular weight excluding hydrogens is 390 g/mol. The first kappa shape index (κ1) is 19.8. The molecule has 1 amide bonds. The maximum Gasteiger partial charge on any atom is 0.336 e. The van der Waals surface area contributed by atoms with E-state index in [1.165, 1.54) is 24.8 Å². The Kier molecular flexibility index (Phi) is 4.89. The molecule has 30 heavy (non-hydrogen) atoms. The summed E-state index contributed by atoms with van der Waals surface area (Å²) >= 11 is 0. The van der Waals surface area contributed by atoms with Crippen LogP contribution in [0, 0.1) is 27.4 Å². The molecule has 9 heteroatoms. The number of nitro groups is 1. The van der Waals surface area contributed by atoms with Gasteiger partial charge < -0.3 is 9.52 Å². The lowest BCUT2D eigenvalue weighted by Gasteiger charge is -2.15. The number of hydrogen-bond donors (Lipinski definition) is 2. The van der Waals surface area contributed by atoms with Crippen molar-refractivity contribution in [2.75, 3.05) is 0 Å². The third-order valence-corrected chi connectivity index (χ3v) is 6.32. The second-order valence-electron chi connectivity index (χ2n) is 8.06. The number of carboxylic acid groups (broad SMARTS) is 1. The number of carbonyl (C=O) groups excluding carboxylic acids is 1. The van der Waals surface area contributed by atoms with Gasteiger partial charge in [0.2, 0.25) is 5.91 Å². The van der Waals surface area contributed by atoms with Crippen LogP contribution in [0.2, 0.25) is 0 Å². The number of nitro benzene ring substituents is 1. The van der Waals surface area contributed by atoms with Gasteiger partial charge in [0.25, 0.3) is 5.69 Å². The standard InChI is InChI=1S/C21H21N3O6/c1-21-9-3-2-4-16(21)18(21)19(25)23-22-11-13-6-8-17(30-13)14-7-5-12(24(28)29)10-15(14)20(26)27/h5-8,10-11,16,18H,2-4,9H2,1H3,(H,23,25)(H,26,27)/b22-11-/t16-,18-,21+/m1/s1. The number of nitrogens with zero attached hydrogens (tertiary/aromatic N) is 2. The summed E-state index contributed by atoms with van der Waals surface area (Å²) < 4.78 is 5.60. The molecule has 0 unspecified atom stereocenters. The van der Waals surface area contributed by atoms with Crippen LogP contribution in [0.3, 0.4) is 0 Å². The van der Waals surface area contributed by atoms with E-state index in [-0.39, 0.29) is 39.8 Å². The van der Waals surface area contributed by atoms with Crippen molar-refractivity contribution in [2.45, 2.75) is 32.6 Å². The predicted octanol–water partition coefficient (Wildman–Crippen LogP) is 3.83. The van der Waals surface area contributed by atoms with Crippen molar-refractivity contribution in [1.82, 2.24) is 5.43 Å². The molecule has 2 N–H and O–H groups in total. The van der Waals surface area contributed by atoms with Crippen LogP contribution in [0.5, 0.6) is 0 Å². The monoisotopic (exact) mass is 411 g/mol. The minimum Gasteiger partial charge on any atom is -0.478 e. The van der Waals surface area contributed by atoms with E-state index in [1.54, 1.807) is 12.1 Å². The average Bonchev–Trinajstić information content (AvgIpc) is 3.08. The fourth-order valence-corrected chi connectivity index (χ4v) is 4.68. The van der Waals surface area contributed by atoms with Crippen LogP contribution in [0.15, 0.2) is 39.9 Å². The molecule has 3 atom stereocenters. The summed E-state index contributed by atoms with van der Waals surface area (Å²) in [6.07, 6.45) is 5.84. The molecule has 2 saturated carbocycles. The Labute approximate surface area is 171 Å². The number of hydrazone groups is 1. The molecule has 0 aliphatic heterocycles. The third-order valence-electron chi connectivity index (χ3n) is 6.32. The van der Waals surface area contributed by atoms with E-state index < -0.39 is 10.9 Å². The van der Waals surface area contributed by atoms with Crippen molar-refractivity contribution in [1.29, 1.82) is 0 Å². The Morgan fingerprint density at radius 1 is 1.33 bits per heavy atom. The van der Waals surface area contributed by atoms with Crippen molar-refractivity contribution in [3.05, 3.63) is 51.8 Å². The first-order valence-electron chi connectivity index (χ1n) is 9.76. The molecule has 9 nitrogen and oxygen atoms in total. The van der Waals surface area contributed by atoms with Crippen molar-refractivity contribution < 1.29 is 24.0 Å². The van der Waals surface area contributed by atoms with E-state index in [9.17, 15) is 24.8 Å². The van der Waals surface area contributed by atoms with Gasteiger partial charge in [-0.15, -0.1) is 0 Å². The molecule has 2 aromatic rings. The first-order valence-corrected chi connectivity index (χ1v) is 9.76. The van der Waals surface area contributed by atoms with E-state index >= 15 is 0 Å². The number of non-ortho nitro benzene ring substituents is 1. The topological polar surface area (TPSA) is 135 Å². The highest BCUT2D eigenvalue weighted by Gasteiger charge is 2.64. The van der Waals surface area contributed by atoms with Gasteiger partial charge in [0, 0.05) is 23.6 Å². The zero-order chi connectivity index (χ0) is 21.5. The molecule has 1 heterocycles. The number of rotatable bonds is 6. The van der Waals surface area contributed by atoms with Crippen LogP contribution >= 0.6 is 0 Å². The third kappa shape index (κ3) is 3.47. The summed E-state index contributed by atoms with van der Waals surface area (Å²) in [4.78, 5) is 34.1. The summed E-state index contributed by atoms with van der Waals surface area (Å²) in [6.45, 7) is 2.16. The van der Waals surface area contributed by atoms with Crippen LogP contribution in [0.1, 0.15) is 48.7 Å². The lowest BCUT2D eigenvalue weighted by Crippen LogP contribution is -2.22. The zero-order valence-corrected chi connectivity index (χ0v) is 16.3. The molecule has 2 aliphatic carbocycles. The summed E-state index contributed by atoms with van der Waals surface area (Å²) in [7, 11) is 0. The summed E-state index contributed by atoms with van der Waals surface area (Å²) in [5.74, 6) is -0.394. The highest BCUT2D eigenvalue weighted by atomic mass is 16.6. The molecule has 0 saturated heterocycles. The quantitative estimate of drug-likeness (QED) is 0.421. The summed E-state index contributed by atoms with van der Waals surface area (Å²) in [6, 6.07) is 6.67. The lowest BCUT2D eigenvalue weighted by molar-refractivity contribution is -0.384. The second-order valence-corrected chi connectivity index (χ2v) is 8.06. The Morgan fingerprint density at radius 3 is 2.80 bits per heavy atom. The van der Waals surface area contributed by atoms with Gasteiger partial charge in [0.05, 0.1) is 16.7 Å². The van der Waals surface area contributed by atoms with Gasteiger partial charge in [-0.05, 0) is 42.4 Å². The SMILES string of the molecule is C[C@]12CCCC[C@@H]1[C@@H]2C(=O)N/N=C\c1ccc(-c2ccc([N+](=O)[O-])cc2C(=O)O)o1. The zero-order valence-electron chi connectivity index (χ0n) is 16.3. The molecule has 1 aromatic carbocycles. The van der Waals surface area contributed by atoms with E-state index in [2.05, 4.69) is 17.5 Å². The lowest BCUT2D eigenvalue weighted by atomic mass is 9.90. The molecule has 2 aliphatic rings. The van der Waals surface area contributed by atoms with Crippen molar-refractivity contribution >= 4 is 23.8 Å². The minimum atomic E-state index is -1.30. The highest BCUT2D eigenvalue weighted by molar-refractivity contribution is 5.96. The van der Waals surface area contributed by atoms with Gasteiger partial charge in [-0.2, -0.15) is 5.10 Å². The molecule has 0 spiro atoms. The number of nitrogens with one attached hydrogen (secondary N) is 1. The van der Waals surface area contributed by atoms with Gasteiger partial charge >= 0.3 is 5.97 Å². The van der Waals surface area contributed by atoms with E-state index in [1.807, 2.05) is 0 Å². The molecule has 156 valence electrons. The van der Waals surface area contributed by atoms with Crippen LogP contribution in [0.4, 0.5) is 5.69 Å². The highest BCUT2D eigenvalue weighted by Crippen LogP contribution is 2.66. The summed E-state index contributed by atoms with van der Waals surface area (Å²) in [5, 5.41) is 24.2. The number of furan rings is 1. The maximum absolute atomic E-state index is 12.4. The summed E-state index contributed by atoms with van der Waals surface area (Å²) in [5.41, 5.74) is 2.33. The number of carbonyl (C=O) groups is 2. The molecule has 0 bridgehead atoms. The van der Waals surface area contributed by atoms with E-state index in [0.717, 1.165) is 25.3 Å². The van der Waals surface area contributed by atoms with Crippen LogP contribution in [-0.4, -0.2) is 28.1 Å². The van der Waals surface area contributed by atoms with Gasteiger partial charge in [-0.3, -0.25) is 14.9 Å². The van der Waals surface area contributed by atoms with Crippen LogP contribution < -0.4 is 5.43 Å². The first-order chi connectivity index (χ1) is 14.3. The predicted molar refractivity (Wildman–Crippen MR) is 107 cm³/mol. The molecule has 4 rings (SSSR count). The van der Waals surface area contributed by atoms with Crippen molar-refractivity contribution in [3.63, 3.8) is 0 Å². The smallest absolute Gasteiger partial charge is 0.336 e. The van der Waals surface area contributed by atoms with E-state index in [4.69, 9.17) is 4.42 Å². The van der Waals surface area contributed by atoms with Crippen LogP contribution in [0.25, 0.3) is 11.3 Å². The van der Waals surface area contributed by atoms with E-state index in [0.29, 0.717) is 11.7 Å². The number of amides is 1. The van der Waals surface area contributed by atoms with Gasteiger partial charge in [-0.1, -0.05) is 19.8 Å². The van der Waals surface area contributed by atoms with Crippen molar-refractivity contribution in [3.8, 4) is 11.3 Å². The maximum atomic E-state index is 12.4. The van der Waals surface area contributed by atoms with Gasteiger partial charge in [0.1, 0.15) is 11.5 Å². The number of benzene rings is 1. The number of carboxylic acids is 1. The second kappa shape index (κ2) is 7.40. The molecular formula is C21H21N3O6. The van der Waals surface area contributed by atoms with Gasteiger partial charge in [0.15, 0.2) is 0 Å². The fraction of sp³-hybridized carbons (Fsp3) is 0.381. The number of aromatic carboxylic acids is 1. The number of fused-ring (bicyclic) bond motifs is 1. The average molecular weight is 411 g/mol. The fourth-order valence-electron chi connectivity index (χ4n) is 4.68. The Bertz CT molecular complexity index is 1060. The van der Waals surface area contributed by atoms with Crippen LogP contribution in [-0.2, 0) is 4.79 Å². The molecule has 2 fully saturated rings. The Morgan fingerprint density at radius 2 is 2.13 bits per heavy atom. The largest absolute Gasteiger partial charge is 0.478 e. The molecule has 1 aromatic heterocycles. The van der Waals surface area contributed by atoms with Crippen molar-refractivity contribution in [2.24, 2.45) is 22.4 Å². The normalized spacial score (nSPS) is 25.0. The minimum absolute atomic E-state index is 0.00236.